The molecule has 2 atom stereocenters. The number of likely N-dealkylation sites (tertiary alicyclic amines) is 2. The van der Waals surface area contributed by atoms with Gasteiger partial charge in [0.05, 0.1) is 5.51 Å². The maximum absolute atomic E-state index is 12.9. The third-order valence-electron chi connectivity index (χ3n) is 5.64. The molecule has 2 aliphatic heterocycles. The van der Waals surface area contributed by atoms with Crippen LogP contribution in [-0.4, -0.2) is 78.3 Å². The van der Waals surface area contributed by atoms with Gasteiger partial charge in [0, 0.05) is 55.0 Å². The molecule has 2 saturated heterocycles. The molecule has 0 spiro atoms. The summed E-state index contributed by atoms with van der Waals surface area (Å²) >= 11 is 1.44. The molecule has 1 aromatic heterocycles. The molecule has 0 N–H and O–H groups in total. The van der Waals surface area contributed by atoms with E-state index in [4.69, 9.17) is 0 Å². The fourth-order valence-corrected chi connectivity index (χ4v) is 5.11. The zero-order valence-electron chi connectivity index (χ0n) is 15.7. The van der Waals surface area contributed by atoms with Crippen molar-refractivity contribution in [2.24, 2.45) is 11.3 Å². The van der Waals surface area contributed by atoms with E-state index in [1.165, 1.54) is 11.3 Å². The van der Waals surface area contributed by atoms with Crippen molar-refractivity contribution < 1.29 is 9.59 Å². The van der Waals surface area contributed by atoms with E-state index in [2.05, 4.69) is 24.0 Å². The SMILES string of the molecule is CN(C)C[C@@]12CN(C(=O)c3ccccc3)C[C@@H]1CN(C(=O)c1cscn1)C2. The quantitative estimate of drug-likeness (QED) is 0.808. The molecule has 0 bridgehead atoms. The minimum absolute atomic E-state index is 0.00437. The summed E-state index contributed by atoms with van der Waals surface area (Å²) in [6, 6.07) is 9.45. The van der Waals surface area contributed by atoms with Crippen molar-refractivity contribution in [2.75, 3.05) is 46.8 Å². The Hall–Kier alpha value is -2.25. The highest BCUT2D eigenvalue weighted by molar-refractivity contribution is 7.07. The molecule has 0 radical (unpaired) electrons. The highest BCUT2D eigenvalue weighted by Crippen LogP contribution is 2.43. The number of hydrogen-bond donors (Lipinski definition) is 0. The summed E-state index contributed by atoms with van der Waals surface area (Å²) < 4.78 is 0. The molecule has 2 fully saturated rings. The Balaban J connectivity index is 1.54. The van der Waals surface area contributed by atoms with E-state index in [1.807, 2.05) is 40.1 Å². The third-order valence-corrected chi connectivity index (χ3v) is 6.22. The number of thiazole rings is 1. The number of hydrogen-bond acceptors (Lipinski definition) is 5. The Labute approximate surface area is 163 Å². The zero-order valence-corrected chi connectivity index (χ0v) is 16.5. The second-order valence-electron chi connectivity index (χ2n) is 7.91. The van der Waals surface area contributed by atoms with Gasteiger partial charge < -0.3 is 14.7 Å². The molecule has 3 heterocycles. The Morgan fingerprint density at radius 3 is 2.41 bits per heavy atom. The van der Waals surface area contributed by atoms with Gasteiger partial charge in [-0.05, 0) is 26.2 Å². The lowest BCUT2D eigenvalue weighted by Crippen LogP contribution is -2.43. The average Bonchev–Trinajstić information content (AvgIpc) is 3.35. The zero-order chi connectivity index (χ0) is 19.0. The van der Waals surface area contributed by atoms with Crippen molar-refractivity contribution in [2.45, 2.75) is 0 Å². The van der Waals surface area contributed by atoms with Crippen LogP contribution in [0.15, 0.2) is 41.2 Å². The van der Waals surface area contributed by atoms with E-state index in [-0.39, 0.29) is 23.1 Å². The van der Waals surface area contributed by atoms with Crippen molar-refractivity contribution in [1.29, 1.82) is 0 Å². The van der Waals surface area contributed by atoms with Crippen molar-refractivity contribution in [3.8, 4) is 0 Å². The number of aromatic nitrogens is 1. The summed E-state index contributed by atoms with van der Waals surface area (Å²) in [7, 11) is 4.11. The van der Waals surface area contributed by atoms with Gasteiger partial charge in [-0.1, -0.05) is 18.2 Å². The smallest absolute Gasteiger partial charge is 0.273 e. The molecule has 7 heteroatoms. The number of nitrogens with zero attached hydrogens (tertiary/aromatic N) is 4. The first-order chi connectivity index (χ1) is 13.0. The fraction of sp³-hybridized carbons (Fsp3) is 0.450. The van der Waals surface area contributed by atoms with E-state index in [9.17, 15) is 9.59 Å². The van der Waals surface area contributed by atoms with Crippen LogP contribution >= 0.6 is 11.3 Å². The van der Waals surface area contributed by atoms with Crippen LogP contribution in [0.2, 0.25) is 0 Å². The first kappa shape index (κ1) is 18.1. The summed E-state index contributed by atoms with van der Waals surface area (Å²) in [5.74, 6) is 0.375. The molecule has 0 saturated carbocycles. The molecular formula is C20H24N4O2S. The van der Waals surface area contributed by atoms with Crippen LogP contribution in [0, 0.1) is 11.3 Å². The molecule has 0 unspecified atom stereocenters. The lowest BCUT2D eigenvalue weighted by atomic mass is 9.80. The van der Waals surface area contributed by atoms with Gasteiger partial charge in [-0.3, -0.25) is 9.59 Å². The number of amides is 2. The van der Waals surface area contributed by atoms with Gasteiger partial charge in [0.1, 0.15) is 5.69 Å². The fourth-order valence-electron chi connectivity index (χ4n) is 4.59. The van der Waals surface area contributed by atoms with Gasteiger partial charge in [-0.25, -0.2) is 4.98 Å². The number of carbonyl (C=O) groups excluding carboxylic acids is 2. The van der Waals surface area contributed by atoms with Gasteiger partial charge in [-0.15, -0.1) is 11.3 Å². The first-order valence-electron chi connectivity index (χ1n) is 9.15. The minimum Gasteiger partial charge on any atom is -0.338 e. The Bertz CT molecular complexity index is 824. The molecule has 27 heavy (non-hydrogen) atoms. The monoisotopic (exact) mass is 384 g/mol. The van der Waals surface area contributed by atoms with E-state index in [0.29, 0.717) is 31.9 Å². The summed E-state index contributed by atoms with van der Waals surface area (Å²) in [5, 5.41) is 1.81. The largest absolute Gasteiger partial charge is 0.338 e. The second-order valence-corrected chi connectivity index (χ2v) is 8.63. The number of carbonyl (C=O) groups is 2. The summed E-state index contributed by atoms with van der Waals surface area (Å²) in [4.78, 5) is 35.9. The molecule has 2 aromatic rings. The lowest BCUT2D eigenvalue weighted by Gasteiger charge is -2.32. The average molecular weight is 385 g/mol. The molecule has 2 aliphatic rings. The van der Waals surface area contributed by atoms with Crippen LogP contribution in [0.25, 0.3) is 0 Å². The van der Waals surface area contributed by atoms with Crippen molar-refractivity contribution in [1.82, 2.24) is 19.7 Å². The van der Waals surface area contributed by atoms with E-state index >= 15 is 0 Å². The normalized spacial score (nSPS) is 24.5. The Morgan fingerprint density at radius 2 is 1.81 bits per heavy atom. The van der Waals surface area contributed by atoms with Crippen LogP contribution in [-0.2, 0) is 0 Å². The number of benzene rings is 1. The van der Waals surface area contributed by atoms with Gasteiger partial charge in [0.2, 0.25) is 0 Å². The molecule has 0 aliphatic carbocycles. The van der Waals surface area contributed by atoms with Gasteiger partial charge in [-0.2, -0.15) is 0 Å². The predicted octanol–water partition coefficient (Wildman–Crippen LogP) is 1.92. The maximum atomic E-state index is 12.9. The summed E-state index contributed by atoms with van der Waals surface area (Å²) in [6.45, 7) is 3.59. The van der Waals surface area contributed by atoms with Crippen LogP contribution in [0.3, 0.4) is 0 Å². The summed E-state index contributed by atoms with van der Waals surface area (Å²) in [5.41, 5.74) is 2.87. The highest BCUT2D eigenvalue weighted by Gasteiger charge is 2.54. The van der Waals surface area contributed by atoms with Gasteiger partial charge >= 0.3 is 0 Å². The lowest BCUT2D eigenvalue weighted by molar-refractivity contribution is 0.0698. The third kappa shape index (κ3) is 3.37. The Kier molecular flexibility index (Phi) is 4.74. The molecule has 4 rings (SSSR count). The molecule has 2 amide bonds. The van der Waals surface area contributed by atoms with Crippen LogP contribution in [0.5, 0.6) is 0 Å². The van der Waals surface area contributed by atoms with Crippen molar-refractivity contribution in [3.63, 3.8) is 0 Å². The van der Waals surface area contributed by atoms with Crippen LogP contribution in [0.4, 0.5) is 0 Å². The second kappa shape index (κ2) is 7.05. The molecule has 142 valence electrons. The van der Waals surface area contributed by atoms with E-state index < -0.39 is 0 Å². The van der Waals surface area contributed by atoms with Gasteiger partial charge in [0.15, 0.2) is 0 Å². The highest BCUT2D eigenvalue weighted by atomic mass is 32.1. The van der Waals surface area contributed by atoms with E-state index in [0.717, 1.165) is 12.1 Å². The molecular weight excluding hydrogens is 360 g/mol. The molecule has 1 aromatic carbocycles. The summed E-state index contributed by atoms with van der Waals surface area (Å²) in [6.07, 6.45) is 0. The Morgan fingerprint density at radius 1 is 1.15 bits per heavy atom. The topological polar surface area (TPSA) is 56.8 Å². The number of rotatable bonds is 4. The number of fused-ring (bicyclic) bond motifs is 1. The van der Waals surface area contributed by atoms with Crippen LogP contribution < -0.4 is 0 Å². The van der Waals surface area contributed by atoms with Gasteiger partial charge in [0.25, 0.3) is 11.8 Å². The standard InChI is InChI=1S/C20H24N4O2S/c1-22(2)11-20-12-23(18(25)15-6-4-3-5-7-15)8-16(20)9-24(13-20)19(26)17-10-27-14-21-17/h3-7,10,14,16H,8-9,11-13H2,1-2H3/t16-,20+/m1/s1. The predicted molar refractivity (Wildman–Crippen MR) is 105 cm³/mol. The minimum atomic E-state index is -0.0837. The van der Waals surface area contributed by atoms with Crippen molar-refractivity contribution >= 4 is 23.2 Å². The van der Waals surface area contributed by atoms with Crippen molar-refractivity contribution in [3.05, 3.63) is 52.5 Å². The first-order valence-corrected chi connectivity index (χ1v) is 10.1. The van der Waals surface area contributed by atoms with E-state index in [1.54, 1.807) is 10.9 Å². The van der Waals surface area contributed by atoms with Crippen LogP contribution in [0.1, 0.15) is 20.8 Å². The molecule has 6 nitrogen and oxygen atoms in total. The maximum Gasteiger partial charge on any atom is 0.273 e.